The summed E-state index contributed by atoms with van der Waals surface area (Å²) in [5.41, 5.74) is 2.51. The number of quaternary nitrogens is 1. The maximum Gasteiger partial charge on any atom is 0.275 e. The predicted octanol–water partition coefficient (Wildman–Crippen LogP) is 1.72. The topological polar surface area (TPSA) is 43.1 Å². The first kappa shape index (κ1) is 9.15. The number of hydrogen-bond acceptors (Lipinski definition) is 2. The van der Waals surface area contributed by atoms with Crippen molar-refractivity contribution < 1.29 is 4.92 Å². The molecule has 0 saturated heterocycles. The molecule has 0 bridgehead atoms. The molecule has 0 spiro atoms. The Morgan fingerprint density at radius 3 is 2.79 bits per heavy atom. The largest absolute Gasteiger partial charge is 0.295 e. The zero-order valence-corrected chi connectivity index (χ0v) is 8.36. The van der Waals surface area contributed by atoms with Crippen LogP contribution in [-0.2, 0) is 6.42 Å². The van der Waals surface area contributed by atoms with E-state index in [-0.39, 0.29) is 10.6 Å². The van der Waals surface area contributed by atoms with Crippen molar-refractivity contribution >= 4 is 11.4 Å². The lowest BCUT2D eigenvalue weighted by Gasteiger charge is -2.23. The van der Waals surface area contributed by atoms with Gasteiger partial charge < -0.3 is 0 Å². The minimum Gasteiger partial charge on any atom is -0.295 e. The maximum absolute atomic E-state index is 10.6. The molecule has 0 aliphatic carbocycles. The normalized spacial score (nSPS) is 17.9. The van der Waals surface area contributed by atoms with E-state index in [4.69, 9.17) is 0 Å². The van der Waals surface area contributed by atoms with Gasteiger partial charge in [0.05, 0.1) is 31.6 Å². The average molecular weight is 193 g/mol. The highest BCUT2D eigenvalue weighted by molar-refractivity contribution is 5.59. The van der Waals surface area contributed by atoms with Crippen LogP contribution in [0, 0.1) is 10.1 Å². The lowest BCUT2D eigenvalue weighted by Crippen LogP contribution is -2.37. The van der Waals surface area contributed by atoms with Crippen molar-refractivity contribution in [1.29, 1.82) is 0 Å². The summed E-state index contributed by atoms with van der Waals surface area (Å²) in [5, 5.41) is 10.6. The van der Waals surface area contributed by atoms with E-state index in [1.165, 1.54) is 5.56 Å². The van der Waals surface area contributed by atoms with Gasteiger partial charge in [0.2, 0.25) is 0 Å². The fourth-order valence-corrected chi connectivity index (χ4v) is 1.96. The number of benzene rings is 1. The Hall–Kier alpha value is -1.42. The highest BCUT2D eigenvalue weighted by Gasteiger charge is 2.31. The van der Waals surface area contributed by atoms with Crippen molar-refractivity contribution in [3.8, 4) is 0 Å². The SMILES string of the molecule is C[N+]1(C)CCc2ccc([N+](=O)[O-])cc21. The van der Waals surface area contributed by atoms with Gasteiger partial charge in [-0.05, 0) is 6.07 Å². The molecule has 1 heterocycles. The number of hydrogen-bond donors (Lipinski definition) is 0. The van der Waals surface area contributed by atoms with Crippen LogP contribution in [0.4, 0.5) is 11.4 Å². The first-order valence-electron chi connectivity index (χ1n) is 4.61. The van der Waals surface area contributed by atoms with Crippen LogP contribution < -0.4 is 4.48 Å². The van der Waals surface area contributed by atoms with Crippen LogP contribution in [0.3, 0.4) is 0 Å². The molecule has 0 radical (unpaired) electrons. The molecule has 0 amide bonds. The molecule has 0 N–H and O–H groups in total. The van der Waals surface area contributed by atoms with Gasteiger partial charge in [-0.25, -0.2) is 0 Å². The van der Waals surface area contributed by atoms with Crippen LogP contribution >= 0.6 is 0 Å². The first-order valence-corrected chi connectivity index (χ1v) is 4.61. The first-order chi connectivity index (χ1) is 6.50. The highest BCUT2D eigenvalue weighted by atomic mass is 16.6. The Labute approximate surface area is 82.5 Å². The van der Waals surface area contributed by atoms with Crippen LogP contribution in [-0.4, -0.2) is 25.6 Å². The number of nitro groups is 1. The minimum absolute atomic E-state index is 0.192. The van der Waals surface area contributed by atoms with Crippen molar-refractivity contribution in [3.05, 3.63) is 33.9 Å². The van der Waals surface area contributed by atoms with E-state index >= 15 is 0 Å². The molecule has 0 saturated carbocycles. The predicted molar refractivity (Wildman–Crippen MR) is 55.3 cm³/mol. The molecule has 74 valence electrons. The van der Waals surface area contributed by atoms with Crippen molar-refractivity contribution in [3.63, 3.8) is 0 Å². The standard InChI is InChI=1S/C10H13N2O2/c1-12(2)6-5-8-3-4-9(11(13)14)7-10(8)12/h3-4,7H,5-6H2,1-2H3/q+1. The fraction of sp³-hybridized carbons (Fsp3) is 0.400. The fourth-order valence-electron chi connectivity index (χ4n) is 1.96. The number of rotatable bonds is 1. The zero-order valence-electron chi connectivity index (χ0n) is 8.36. The average Bonchev–Trinajstić information content (AvgIpc) is 2.42. The van der Waals surface area contributed by atoms with Crippen molar-refractivity contribution in [2.45, 2.75) is 6.42 Å². The molecule has 1 aromatic rings. The molecule has 4 nitrogen and oxygen atoms in total. The molecule has 1 aliphatic rings. The summed E-state index contributed by atoms with van der Waals surface area (Å²) in [6.07, 6.45) is 1.01. The van der Waals surface area contributed by atoms with Crippen LogP contribution in [0.15, 0.2) is 18.2 Å². The van der Waals surface area contributed by atoms with Crippen molar-refractivity contribution in [2.75, 3.05) is 20.6 Å². The van der Waals surface area contributed by atoms with Crippen LogP contribution in [0.2, 0.25) is 0 Å². The molecular formula is C10H13N2O2+. The van der Waals surface area contributed by atoms with Crippen LogP contribution in [0.1, 0.15) is 5.56 Å². The van der Waals surface area contributed by atoms with Crippen molar-refractivity contribution in [1.82, 2.24) is 4.48 Å². The Kier molecular flexibility index (Phi) is 1.82. The Bertz CT molecular complexity index is 399. The number of fused-ring (bicyclic) bond motifs is 1. The van der Waals surface area contributed by atoms with Crippen molar-refractivity contribution in [2.24, 2.45) is 0 Å². The molecule has 2 rings (SSSR count). The second-order valence-corrected chi connectivity index (χ2v) is 4.23. The molecule has 14 heavy (non-hydrogen) atoms. The van der Waals surface area contributed by atoms with Gasteiger partial charge in [0.1, 0.15) is 5.69 Å². The van der Waals surface area contributed by atoms with E-state index in [0.717, 1.165) is 23.1 Å². The van der Waals surface area contributed by atoms with Crippen LogP contribution in [0.5, 0.6) is 0 Å². The zero-order chi connectivity index (χ0) is 10.3. The third-order valence-electron chi connectivity index (χ3n) is 2.87. The van der Waals surface area contributed by atoms with Gasteiger partial charge in [-0.2, -0.15) is 0 Å². The smallest absolute Gasteiger partial charge is 0.275 e. The van der Waals surface area contributed by atoms with E-state index in [9.17, 15) is 10.1 Å². The van der Waals surface area contributed by atoms with E-state index in [1.807, 2.05) is 6.07 Å². The molecular weight excluding hydrogens is 180 g/mol. The lowest BCUT2D eigenvalue weighted by atomic mass is 10.1. The van der Waals surface area contributed by atoms with Gasteiger partial charge in [0.15, 0.2) is 0 Å². The summed E-state index contributed by atoms with van der Waals surface area (Å²) in [4.78, 5) is 10.3. The molecule has 0 fully saturated rings. The second-order valence-electron chi connectivity index (χ2n) is 4.23. The highest BCUT2D eigenvalue weighted by Crippen LogP contribution is 2.34. The molecule has 0 atom stereocenters. The van der Waals surface area contributed by atoms with E-state index in [2.05, 4.69) is 14.1 Å². The van der Waals surface area contributed by atoms with Gasteiger partial charge in [-0.3, -0.25) is 14.6 Å². The molecule has 4 heteroatoms. The number of nitro benzene ring substituents is 1. The van der Waals surface area contributed by atoms with Gasteiger partial charge in [-0.15, -0.1) is 0 Å². The summed E-state index contributed by atoms with van der Waals surface area (Å²) in [6, 6.07) is 5.16. The number of nitrogens with zero attached hydrogens (tertiary/aromatic N) is 2. The summed E-state index contributed by atoms with van der Waals surface area (Å²) >= 11 is 0. The Balaban J connectivity index is 2.53. The monoisotopic (exact) mass is 193 g/mol. The van der Waals surface area contributed by atoms with Gasteiger partial charge in [0.25, 0.3) is 5.69 Å². The Morgan fingerprint density at radius 1 is 1.43 bits per heavy atom. The second kappa shape index (κ2) is 2.78. The molecule has 0 aromatic heterocycles. The van der Waals surface area contributed by atoms with Crippen LogP contribution in [0.25, 0.3) is 0 Å². The lowest BCUT2D eigenvalue weighted by molar-refractivity contribution is -0.384. The third kappa shape index (κ3) is 1.28. The van der Waals surface area contributed by atoms with E-state index < -0.39 is 0 Å². The van der Waals surface area contributed by atoms with Gasteiger partial charge >= 0.3 is 0 Å². The number of non-ortho nitro benzene ring substituents is 1. The maximum atomic E-state index is 10.6. The summed E-state index contributed by atoms with van der Waals surface area (Å²) < 4.78 is 0.747. The van der Waals surface area contributed by atoms with Gasteiger partial charge in [-0.1, -0.05) is 0 Å². The minimum atomic E-state index is -0.335. The van der Waals surface area contributed by atoms with Gasteiger partial charge in [0, 0.05) is 18.1 Å². The van der Waals surface area contributed by atoms with E-state index in [1.54, 1.807) is 12.1 Å². The molecule has 0 unspecified atom stereocenters. The summed E-state index contributed by atoms with van der Waals surface area (Å²) in [5.74, 6) is 0. The summed E-state index contributed by atoms with van der Waals surface area (Å²) in [7, 11) is 4.16. The number of likely N-dealkylation sites (N-methyl/N-ethyl adjacent to an activating group) is 1. The third-order valence-corrected chi connectivity index (χ3v) is 2.87. The quantitative estimate of drug-likeness (QED) is 0.387. The van der Waals surface area contributed by atoms with E-state index in [0.29, 0.717) is 0 Å². The molecule has 1 aliphatic heterocycles. The summed E-state index contributed by atoms with van der Waals surface area (Å²) in [6.45, 7) is 1.02. The molecule has 1 aromatic carbocycles. The Morgan fingerprint density at radius 2 is 2.14 bits per heavy atom.